The number of rotatable bonds is 6. The fourth-order valence-electron chi connectivity index (χ4n) is 2.34. The van der Waals surface area contributed by atoms with E-state index in [4.69, 9.17) is 9.26 Å². The lowest BCUT2D eigenvalue weighted by molar-refractivity contribution is 0.284. The van der Waals surface area contributed by atoms with E-state index in [0.717, 1.165) is 5.69 Å². The molecule has 0 saturated heterocycles. The van der Waals surface area contributed by atoms with E-state index in [2.05, 4.69) is 20.3 Å². The highest BCUT2D eigenvalue weighted by molar-refractivity contribution is 5.28. The lowest BCUT2D eigenvalue weighted by Gasteiger charge is -2.02. The van der Waals surface area contributed by atoms with Gasteiger partial charge in [-0.25, -0.2) is 4.39 Å². The molecule has 26 heavy (non-hydrogen) atoms. The third-order valence-electron chi connectivity index (χ3n) is 3.53. The highest BCUT2D eigenvalue weighted by Gasteiger charge is 2.11. The van der Waals surface area contributed by atoms with Crippen LogP contribution in [0.5, 0.6) is 5.75 Å². The summed E-state index contributed by atoms with van der Waals surface area (Å²) in [5.74, 6) is 0.822. The van der Waals surface area contributed by atoms with Crippen molar-refractivity contribution in [3.05, 3.63) is 84.0 Å². The first-order valence-electron chi connectivity index (χ1n) is 7.93. The van der Waals surface area contributed by atoms with Crippen LogP contribution in [-0.4, -0.2) is 25.1 Å². The third-order valence-corrected chi connectivity index (χ3v) is 3.53. The van der Waals surface area contributed by atoms with Gasteiger partial charge in [0.1, 0.15) is 11.6 Å². The van der Waals surface area contributed by atoms with Crippen LogP contribution in [0.2, 0.25) is 0 Å². The molecule has 7 nitrogen and oxygen atoms in total. The van der Waals surface area contributed by atoms with E-state index >= 15 is 0 Å². The molecule has 0 atom stereocenters. The Kier molecular flexibility index (Phi) is 4.38. The van der Waals surface area contributed by atoms with Gasteiger partial charge in [-0.2, -0.15) is 20.0 Å². The average molecular weight is 351 g/mol. The Morgan fingerprint density at radius 3 is 2.81 bits per heavy atom. The van der Waals surface area contributed by atoms with E-state index in [1.54, 1.807) is 23.1 Å². The molecule has 130 valence electrons. The van der Waals surface area contributed by atoms with Gasteiger partial charge >= 0.3 is 0 Å². The number of nitrogens with zero attached hydrogens (tertiary/aromatic N) is 5. The minimum atomic E-state index is -0.363. The predicted molar refractivity (Wildman–Crippen MR) is 89.2 cm³/mol. The highest BCUT2D eigenvalue weighted by Crippen LogP contribution is 2.14. The second-order valence-corrected chi connectivity index (χ2v) is 5.49. The molecule has 0 spiro atoms. The van der Waals surface area contributed by atoms with Gasteiger partial charge < -0.3 is 9.26 Å². The van der Waals surface area contributed by atoms with Gasteiger partial charge in [-0.3, -0.25) is 0 Å². The molecule has 0 fully saturated rings. The number of ether oxygens (including phenoxy) is 1. The summed E-state index contributed by atoms with van der Waals surface area (Å²) in [6, 6.07) is 15.5. The predicted octanol–water partition coefficient (Wildman–Crippen LogP) is 2.96. The molecule has 4 rings (SSSR count). The minimum absolute atomic E-state index is 0.0870. The molecular weight excluding hydrogens is 337 g/mol. The molecular formula is C18H14FN5O2. The zero-order valence-electron chi connectivity index (χ0n) is 13.6. The van der Waals surface area contributed by atoms with E-state index in [9.17, 15) is 4.39 Å². The standard InChI is InChI=1S/C18H14FN5O2/c19-13-5-4-8-16(9-13)25-12-17-21-18(26-23-17)10-14-11-20-24(22-14)15-6-2-1-3-7-15/h1-9,11H,10,12H2. The fourth-order valence-corrected chi connectivity index (χ4v) is 2.34. The van der Waals surface area contributed by atoms with Crippen molar-refractivity contribution in [1.82, 2.24) is 25.1 Å². The summed E-state index contributed by atoms with van der Waals surface area (Å²) in [5, 5.41) is 12.5. The molecule has 0 bridgehead atoms. The Labute approximate surface area is 148 Å². The molecule has 0 radical (unpaired) electrons. The van der Waals surface area contributed by atoms with Gasteiger partial charge in [0.05, 0.1) is 24.0 Å². The Hall–Kier alpha value is -3.55. The Balaban J connectivity index is 1.38. The Morgan fingerprint density at radius 2 is 1.96 bits per heavy atom. The van der Waals surface area contributed by atoms with Crippen LogP contribution >= 0.6 is 0 Å². The maximum absolute atomic E-state index is 13.1. The molecule has 2 aromatic heterocycles. The minimum Gasteiger partial charge on any atom is -0.485 e. The lowest BCUT2D eigenvalue weighted by atomic mass is 10.3. The highest BCUT2D eigenvalue weighted by atomic mass is 19.1. The van der Waals surface area contributed by atoms with Crippen LogP contribution in [0, 0.1) is 5.82 Å². The first-order chi connectivity index (χ1) is 12.8. The van der Waals surface area contributed by atoms with Gasteiger partial charge in [-0.15, -0.1) is 0 Å². The first-order valence-corrected chi connectivity index (χ1v) is 7.93. The molecule has 0 N–H and O–H groups in total. The van der Waals surface area contributed by atoms with Crippen LogP contribution in [0.4, 0.5) is 4.39 Å². The summed E-state index contributed by atoms with van der Waals surface area (Å²) in [7, 11) is 0. The van der Waals surface area contributed by atoms with Crippen LogP contribution in [0.1, 0.15) is 17.4 Å². The molecule has 2 aromatic carbocycles. The molecule has 0 aliphatic rings. The molecule has 0 amide bonds. The molecule has 0 aliphatic heterocycles. The van der Waals surface area contributed by atoms with Crippen molar-refractivity contribution in [2.24, 2.45) is 0 Å². The van der Waals surface area contributed by atoms with Crippen LogP contribution in [0.3, 0.4) is 0 Å². The summed E-state index contributed by atoms with van der Waals surface area (Å²) < 4.78 is 23.8. The largest absolute Gasteiger partial charge is 0.485 e. The van der Waals surface area contributed by atoms with E-state index in [-0.39, 0.29) is 12.4 Å². The van der Waals surface area contributed by atoms with Gasteiger partial charge in [-0.05, 0) is 24.3 Å². The van der Waals surface area contributed by atoms with Gasteiger partial charge in [-0.1, -0.05) is 29.4 Å². The van der Waals surface area contributed by atoms with E-state index in [1.807, 2.05) is 30.3 Å². The second-order valence-electron chi connectivity index (χ2n) is 5.49. The maximum Gasteiger partial charge on any atom is 0.232 e. The maximum atomic E-state index is 13.1. The van der Waals surface area contributed by atoms with Crippen molar-refractivity contribution >= 4 is 0 Å². The summed E-state index contributed by atoms with van der Waals surface area (Å²) >= 11 is 0. The number of hydrogen-bond acceptors (Lipinski definition) is 6. The molecule has 0 aliphatic carbocycles. The average Bonchev–Trinajstić information content (AvgIpc) is 3.31. The van der Waals surface area contributed by atoms with Gasteiger partial charge in [0.25, 0.3) is 0 Å². The number of benzene rings is 2. The SMILES string of the molecule is Fc1cccc(OCc2noc(Cc3cnn(-c4ccccc4)n3)n2)c1. The van der Waals surface area contributed by atoms with Crippen molar-refractivity contribution in [2.45, 2.75) is 13.0 Å². The van der Waals surface area contributed by atoms with Crippen LogP contribution in [-0.2, 0) is 13.0 Å². The van der Waals surface area contributed by atoms with Gasteiger partial charge in [0.15, 0.2) is 6.61 Å². The second kappa shape index (κ2) is 7.14. The Bertz CT molecular complexity index is 1000. The summed E-state index contributed by atoms with van der Waals surface area (Å²) in [6.07, 6.45) is 2.01. The fraction of sp³-hybridized carbons (Fsp3) is 0.111. The normalized spacial score (nSPS) is 10.8. The summed E-state index contributed by atoms with van der Waals surface area (Å²) in [6.45, 7) is 0.0870. The quantitative estimate of drug-likeness (QED) is 0.531. The molecule has 8 heteroatoms. The number of hydrogen-bond donors (Lipinski definition) is 0. The first kappa shape index (κ1) is 15.9. The van der Waals surface area contributed by atoms with Crippen LogP contribution in [0.15, 0.2) is 65.3 Å². The zero-order chi connectivity index (χ0) is 17.8. The monoisotopic (exact) mass is 351 g/mol. The lowest BCUT2D eigenvalue weighted by Crippen LogP contribution is -2.00. The van der Waals surface area contributed by atoms with Crippen molar-refractivity contribution < 1.29 is 13.7 Å². The molecule has 2 heterocycles. The number of halogens is 1. The van der Waals surface area contributed by atoms with Crippen molar-refractivity contribution in [3.8, 4) is 11.4 Å². The van der Waals surface area contributed by atoms with Crippen molar-refractivity contribution in [1.29, 1.82) is 0 Å². The van der Waals surface area contributed by atoms with Crippen LogP contribution < -0.4 is 4.74 Å². The molecule has 0 saturated carbocycles. The summed E-state index contributed by atoms with van der Waals surface area (Å²) in [4.78, 5) is 5.79. The van der Waals surface area contributed by atoms with E-state index < -0.39 is 0 Å². The zero-order valence-corrected chi connectivity index (χ0v) is 13.6. The molecule has 0 unspecified atom stereocenters. The number of aromatic nitrogens is 5. The summed E-state index contributed by atoms with van der Waals surface area (Å²) in [5.41, 5.74) is 1.57. The topological polar surface area (TPSA) is 78.9 Å². The van der Waals surface area contributed by atoms with Crippen molar-refractivity contribution in [2.75, 3.05) is 0 Å². The molecule has 4 aromatic rings. The van der Waals surface area contributed by atoms with E-state index in [1.165, 1.54) is 12.1 Å². The van der Waals surface area contributed by atoms with Gasteiger partial charge in [0.2, 0.25) is 11.7 Å². The van der Waals surface area contributed by atoms with E-state index in [0.29, 0.717) is 29.6 Å². The Morgan fingerprint density at radius 1 is 1.08 bits per heavy atom. The smallest absolute Gasteiger partial charge is 0.232 e. The third kappa shape index (κ3) is 3.75. The van der Waals surface area contributed by atoms with Gasteiger partial charge in [0, 0.05) is 6.07 Å². The van der Waals surface area contributed by atoms with Crippen molar-refractivity contribution in [3.63, 3.8) is 0 Å². The van der Waals surface area contributed by atoms with Crippen LogP contribution in [0.25, 0.3) is 5.69 Å². The number of para-hydroxylation sites is 1.